The minimum absolute atomic E-state index is 0.0919. The Morgan fingerprint density at radius 3 is 2.56 bits per heavy atom. The zero-order valence-electron chi connectivity index (χ0n) is 18.4. The van der Waals surface area contributed by atoms with Crippen molar-refractivity contribution in [3.63, 3.8) is 0 Å². The van der Waals surface area contributed by atoms with Gasteiger partial charge in [0.1, 0.15) is 4.32 Å². The first-order chi connectivity index (χ1) is 16.3. The molecule has 0 radical (unpaired) electrons. The predicted molar refractivity (Wildman–Crippen MR) is 136 cm³/mol. The molecule has 1 heterocycles. The van der Waals surface area contributed by atoms with Crippen LogP contribution < -0.4 is 20.3 Å². The van der Waals surface area contributed by atoms with E-state index >= 15 is 0 Å². The Bertz CT molecular complexity index is 1160. The lowest BCUT2D eigenvalue weighted by Crippen LogP contribution is -2.42. The number of nitrogens with zero attached hydrogens (tertiary/aromatic N) is 1. The van der Waals surface area contributed by atoms with E-state index in [4.69, 9.17) is 33.3 Å². The maximum absolute atomic E-state index is 12.8. The van der Waals surface area contributed by atoms with Crippen LogP contribution in [-0.4, -0.2) is 47.7 Å². The van der Waals surface area contributed by atoms with Crippen molar-refractivity contribution in [1.82, 2.24) is 15.8 Å². The van der Waals surface area contributed by atoms with Crippen molar-refractivity contribution in [2.45, 2.75) is 12.8 Å². The fraction of sp³-hybridized carbons (Fsp3) is 0.217. The predicted octanol–water partition coefficient (Wildman–Crippen LogP) is 3.80. The molecule has 2 N–H and O–H groups in total. The summed E-state index contributed by atoms with van der Waals surface area (Å²) in [5, 5.41) is 0.282. The van der Waals surface area contributed by atoms with E-state index in [0.717, 1.165) is 5.56 Å². The molecule has 3 rings (SSSR count). The number of hydrogen-bond donors (Lipinski definition) is 2. The average molecular weight is 520 g/mol. The number of thiocarbonyl (C=S) groups is 1. The summed E-state index contributed by atoms with van der Waals surface area (Å²) < 4.78 is 10.9. The van der Waals surface area contributed by atoms with E-state index in [-0.39, 0.29) is 29.5 Å². The Balaban J connectivity index is 1.51. The number of methoxy groups -OCH3 is 2. The number of hydrazine groups is 1. The van der Waals surface area contributed by atoms with Crippen molar-refractivity contribution in [3.8, 4) is 11.5 Å². The van der Waals surface area contributed by atoms with Gasteiger partial charge in [0.15, 0.2) is 11.5 Å². The number of carbonyl (C=O) groups is 3. The standard InChI is InChI=1S/C23H22ClN3O5S2/c1-31-17-10-9-14(12-18(17)32-2)13-19-22(30)27(23(33)34-19)11-5-8-20(28)25-26-21(29)15-6-3-4-7-16(15)24/h3-4,6-7,9-10,12-13H,5,8,11H2,1-2H3,(H,25,28)(H,26,29)/b19-13-. The maximum atomic E-state index is 12.8. The third-order valence-corrected chi connectivity index (χ3v) is 6.51. The summed E-state index contributed by atoms with van der Waals surface area (Å²) in [6.07, 6.45) is 2.19. The highest BCUT2D eigenvalue weighted by Gasteiger charge is 2.31. The van der Waals surface area contributed by atoms with Gasteiger partial charge in [-0.05, 0) is 42.3 Å². The molecule has 2 aromatic rings. The number of benzene rings is 2. The van der Waals surface area contributed by atoms with Gasteiger partial charge in [-0.1, -0.05) is 53.8 Å². The lowest BCUT2D eigenvalue weighted by molar-refractivity contribution is -0.124. The Hall–Kier alpha value is -3.08. The van der Waals surface area contributed by atoms with Crippen molar-refractivity contribution in [2.75, 3.05) is 20.8 Å². The molecule has 0 bridgehead atoms. The van der Waals surface area contributed by atoms with Gasteiger partial charge in [-0.25, -0.2) is 0 Å². The molecule has 11 heteroatoms. The van der Waals surface area contributed by atoms with Gasteiger partial charge >= 0.3 is 0 Å². The third kappa shape index (κ3) is 6.28. The molecule has 0 spiro atoms. The zero-order chi connectivity index (χ0) is 24.7. The Labute approximate surface area is 211 Å². The summed E-state index contributed by atoms with van der Waals surface area (Å²) >= 11 is 12.5. The number of carbonyl (C=O) groups excluding carboxylic acids is 3. The molecule has 0 atom stereocenters. The van der Waals surface area contributed by atoms with Gasteiger partial charge in [-0.3, -0.25) is 30.1 Å². The van der Waals surface area contributed by atoms with Crippen LogP contribution in [0.4, 0.5) is 0 Å². The van der Waals surface area contributed by atoms with Crippen molar-refractivity contribution in [1.29, 1.82) is 0 Å². The Morgan fingerprint density at radius 1 is 1.12 bits per heavy atom. The van der Waals surface area contributed by atoms with Gasteiger partial charge in [0.25, 0.3) is 11.8 Å². The quantitative estimate of drug-likeness (QED) is 0.311. The van der Waals surface area contributed by atoms with Crippen molar-refractivity contribution in [3.05, 3.63) is 63.5 Å². The second-order valence-corrected chi connectivity index (χ2v) is 9.12. The van der Waals surface area contributed by atoms with Crippen LogP contribution in [0.5, 0.6) is 11.5 Å². The number of halogens is 1. The van der Waals surface area contributed by atoms with Gasteiger partial charge in [0.05, 0.1) is 29.7 Å². The number of nitrogens with one attached hydrogen (secondary N) is 2. The minimum atomic E-state index is -0.517. The molecule has 2 aromatic carbocycles. The van der Waals surface area contributed by atoms with Crippen LogP contribution in [0, 0.1) is 0 Å². The summed E-state index contributed by atoms with van der Waals surface area (Å²) in [6, 6.07) is 11.9. The van der Waals surface area contributed by atoms with E-state index < -0.39 is 11.8 Å². The summed E-state index contributed by atoms with van der Waals surface area (Å²) in [5.41, 5.74) is 5.69. The van der Waals surface area contributed by atoms with Crippen LogP contribution in [0.15, 0.2) is 47.4 Å². The summed E-state index contributed by atoms with van der Waals surface area (Å²) in [7, 11) is 3.09. The van der Waals surface area contributed by atoms with E-state index in [0.29, 0.717) is 27.1 Å². The molecular formula is C23H22ClN3O5S2. The first kappa shape index (κ1) is 25.5. The van der Waals surface area contributed by atoms with Gasteiger partial charge in [0.2, 0.25) is 5.91 Å². The molecule has 0 unspecified atom stereocenters. The number of rotatable bonds is 8. The average Bonchev–Trinajstić information content (AvgIpc) is 3.10. The first-order valence-corrected chi connectivity index (χ1v) is 11.8. The van der Waals surface area contributed by atoms with Crippen molar-refractivity contribution < 1.29 is 23.9 Å². The zero-order valence-corrected chi connectivity index (χ0v) is 20.8. The van der Waals surface area contributed by atoms with Crippen molar-refractivity contribution >= 4 is 63.7 Å². The van der Waals surface area contributed by atoms with Crippen LogP contribution in [0.3, 0.4) is 0 Å². The SMILES string of the molecule is COc1ccc(/C=C2\SC(=S)N(CCCC(=O)NNC(=O)c3ccccc3Cl)C2=O)cc1OC. The highest BCUT2D eigenvalue weighted by molar-refractivity contribution is 8.26. The smallest absolute Gasteiger partial charge is 0.271 e. The normalized spacial score (nSPS) is 14.3. The highest BCUT2D eigenvalue weighted by atomic mass is 35.5. The number of ether oxygens (including phenoxy) is 2. The Morgan fingerprint density at radius 2 is 1.85 bits per heavy atom. The van der Waals surface area contributed by atoms with Crippen LogP contribution >= 0.6 is 35.6 Å². The lowest BCUT2D eigenvalue weighted by atomic mass is 10.2. The summed E-state index contributed by atoms with van der Waals surface area (Å²) in [5.74, 6) is 0.00742. The van der Waals surface area contributed by atoms with E-state index in [1.807, 2.05) is 6.07 Å². The highest BCUT2D eigenvalue weighted by Crippen LogP contribution is 2.34. The second kappa shape index (κ2) is 11.9. The third-order valence-electron chi connectivity index (χ3n) is 4.80. The molecule has 1 saturated heterocycles. The molecule has 1 fully saturated rings. The topological polar surface area (TPSA) is 97.0 Å². The molecule has 0 aromatic heterocycles. The van der Waals surface area contributed by atoms with Crippen LogP contribution in [0.1, 0.15) is 28.8 Å². The van der Waals surface area contributed by atoms with E-state index in [2.05, 4.69) is 10.9 Å². The second-order valence-electron chi connectivity index (χ2n) is 7.03. The van der Waals surface area contributed by atoms with Gasteiger partial charge in [-0.15, -0.1) is 0 Å². The number of amides is 3. The van der Waals surface area contributed by atoms with Crippen LogP contribution in [0.2, 0.25) is 5.02 Å². The molecule has 8 nitrogen and oxygen atoms in total. The van der Waals surface area contributed by atoms with E-state index in [1.54, 1.807) is 56.7 Å². The fourth-order valence-electron chi connectivity index (χ4n) is 3.09. The largest absolute Gasteiger partial charge is 0.493 e. The van der Waals surface area contributed by atoms with Crippen LogP contribution in [0.25, 0.3) is 6.08 Å². The summed E-state index contributed by atoms with van der Waals surface area (Å²) in [6.45, 7) is 0.278. The van der Waals surface area contributed by atoms with E-state index in [9.17, 15) is 14.4 Å². The van der Waals surface area contributed by atoms with Gasteiger partial charge in [0, 0.05) is 13.0 Å². The molecule has 1 aliphatic rings. The van der Waals surface area contributed by atoms with Gasteiger partial charge < -0.3 is 9.47 Å². The number of thioether (sulfide) groups is 1. The Kier molecular flexibility index (Phi) is 8.91. The molecule has 1 aliphatic heterocycles. The molecule has 34 heavy (non-hydrogen) atoms. The van der Waals surface area contributed by atoms with E-state index in [1.165, 1.54) is 16.7 Å². The maximum Gasteiger partial charge on any atom is 0.271 e. The minimum Gasteiger partial charge on any atom is -0.493 e. The monoisotopic (exact) mass is 519 g/mol. The lowest BCUT2D eigenvalue weighted by Gasteiger charge is -2.14. The molecule has 3 amide bonds. The van der Waals surface area contributed by atoms with Crippen molar-refractivity contribution in [2.24, 2.45) is 0 Å². The summed E-state index contributed by atoms with van der Waals surface area (Å²) in [4.78, 5) is 38.9. The molecular weight excluding hydrogens is 498 g/mol. The molecule has 178 valence electrons. The van der Waals surface area contributed by atoms with Crippen LogP contribution in [-0.2, 0) is 9.59 Å². The fourth-order valence-corrected chi connectivity index (χ4v) is 4.62. The first-order valence-electron chi connectivity index (χ1n) is 10.1. The number of hydrogen-bond acceptors (Lipinski definition) is 7. The molecule has 0 aliphatic carbocycles. The molecule has 0 saturated carbocycles. The van der Waals surface area contributed by atoms with Gasteiger partial charge in [-0.2, -0.15) is 0 Å².